The van der Waals surface area contributed by atoms with Crippen LogP contribution in [0.1, 0.15) is 79.4 Å². The number of hydrogen-bond donors (Lipinski definition) is 0. The highest BCUT2D eigenvalue weighted by Gasteiger charge is 2.02. The molecule has 1 atom stereocenters. The molecule has 0 saturated heterocycles. The van der Waals surface area contributed by atoms with Gasteiger partial charge in [0.15, 0.2) is 0 Å². The molecular formula is C21H38O. The first-order valence-electron chi connectivity index (χ1n) is 8.77. The smallest absolute Gasteiger partial charge is 0.126 e. The summed E-state index contributed by atoms with van der Waals surface area (Å²) in [6.45, 7) is 16.4. The Labute approximate surface area is 139 Å². The molecule has 1 nitrogen and oxygen atoms in total. The van der Waals surface area contributed by atoms with Crippen molar-refractivity contribution in [2.24, 2.45) is 11.8 Å². The summed E-state index contributed by atoms with van der Waals surface area (Å²) in [5.74, 6) is 1.83. The molecule has 1 aromatic rings. The van der Waals surface area contributed by atoms with Crippen LogP contribution in [0.15, 0.2) is 24.3 Å². The van der Waals surface area contributed by atoms with Crippen LogP contribution in [-0.2, 0) is 17.6 Å². The molecule has 0 radical (unpaired) electrons. The number of Topliss-reactive ketones (excluding diaryl/α,β-unsaturated/α-hetero) is 1. The number of carbonyl (C=O) groups excluding carboxylic acids is 1. The van der Waals surface area contributed by atoms with E-state index in [-0.39, 0.29) is 5.78 Å². The van der Waals surface area contributed by atoms with Gasteiger partial charge < -0.3 is 4.79 Å². The monoisotopic (exact) mass is 306 g/mol. The molecule has 128 valence electrons. The van der Waals surface area contributed by atoms with Gasteiger partial charge in [0.05, 0.1) is 0 Å². The van der Waals surface area contributed by atoms with Crippen LogP contribution < -0.4 is 0 Å². The number of carbonyl (C=O) groups is 1. The predicted molar refractivity (Wildman–Crippen MR) is 100 cm³/mol. The van der Waals surface area contributed by atoms with Crippen molar-refractivity contribution in [1.29, 1.82) is 0 Å². The van der Waals surface area contributed by atoms with Crippen molar-refractivity contribution in [1.82, 2.24) is 0 Å². The third-order valence-electron chi connectivity index (χ3n) is 2.77. The molecule has 0 aliphatic carbocycles. The van der Waals surface area contributed by atoms with Crippen LogP contribution in [0.2, 0.25) is 0 Å². The summed E-state index contributed by atoms with van der Waals surface area (Å²) >= 11 is 0. The molecule has 0 bridgehead atoms. The van der Waals surface area contributed by atoms with Crippen molar-refractivity contribution < 1.29 is 4.79 Å². The number of hydrogen-bond acceptors (Lipinski definition) is 1. The summed E-state index contributed by atoms with van der Waals surface area (Å²) in [6, 6.07) is 9.01. The second-order valence-corrected chi connectivity index (χ2v) is 6.91. The molecule has 0 fully saturated rings. The van der Waals surface area contributed by atoms with Crippen LogP contribution in [-0.4, -0.2) is 5.78 Å². The molecule has 0 spiro atoms. The number of aryl methyl sites for hydroxylation is 1. The number of ketones is 1. The van der Waals surface area contributed by atoms with E-state index in [2.05, 4.69) is 65.8 Å². The molecule has 22 heavy (non-hydrogen) atoms. The maximum Gasteiger partial charge on any atom is 0.126 e. The molecule has 1 aromatic carbocycles. The van der Waals surface area contributed by atoms with Gasteiger partial charge in [-0.15, -0.1) is 0 Å². The molecule has 1 unspecified atom stereocenters. The standard InChI is InChI=1S/C14H22.C4H10.C3H6O/c1-4-7-12(3)10-14-9-6-8-13(5-2)11-14;1-4(2)3;1-3(2)4/h6,8-9,11-12H,4-5,7,10H2,1-3H3;4H,1-3H3;1-2H3. The van der Waals surface area contributed by atoms with E-state index >= 15 is 0 Å². The highest BCUT2D eigenvalue weighted by atomic mass is 16.1. The summed E-state index contributed by atoms with van der Waals surface area (Å²) in [7, 11) is 0. The fourth-order valence-corrected chi connectivity index (χ4v) is 1.97. The normalized spacial score (nSPS) is 11.0. The van der Waals surface area contributed by atoms with Crippen molar-refractivity contribution in [3.8, 4) is 0 Å². The molecule has 0 aromatic heterocycles. The summed E-state index contributed by atoms with van der Waals surface area (Å²) < 4.78 is 0. The third-order valence-corrected chi connectivity index (χ3v) is 2.77. The minimum atomic E-state index is 0.167. The van der Waals surface area contributed by atoms with Crippen LogP contribution in [0, 0.1) is 11.8 Å². The Morgan fingerprint density at radius 3 is 1.86 bits per heavy atom. The summed E-state index contributed by atoms with van der Waals surface area (Å²) in [6.07, 6.45) is 5.03. The number of benzene rings is 1. The lowest BCUT2D eigenvalue weighted by Gasteiger charge is -2.10. The van der Waals surface area contributed by atoms with Gasteiger partial charge >= 0.3 is 0 Å². The maximum atomic E-state index is 9.44. The fraction of sp³-hybridized carbons (Fsp3) is 0.667. The maximum absolute atomic E-state index is 9.44. The van der Waals surface area contributed by atoms with Crippen molar-refractivity contribution in [3.63, 3.8) is 0 Å². The van der Waals surface area contributed by atoms with Crippen LogP contribution in [0.25, 0.3) is 0 Å². The third kappa shape index (κ3) is 18.9. The summed E-state index contributed by atoms with van der Waals surface area (Å²) in [5, 5.41) is 0. The van der Waals surface area contributed by atoms with Gasteiger partial charge in [-0.3, -0.25) is 0 Å². The molecular weight excluding hydrogens is 268 g/mol. The van der Waals surface area contributed by atoms with E-state index in [1.165, 1.54) is 44.2 Å². The first kappa shape index (κ1) is 23.2. The van der Waals surface area contributed by atoms with E-state index < -0.39 is 0 Å². The average molecular weight is 307 g/mol. The minimum Gasteiger partial charge on any atom is -0.300 e. The quantitative estimate of drug-likeness (QED) is 0.608. The van der Waals surface area contributed by atoms with Gasteiger partial charge in [-0.05, 0) is 49.7 Å². The lowest BCUT2D eigenvalue weighted by molar-refractivity contribution is -0.114. The molecule has 0 N–H and O–H groups in total. The summed E-state index contributed by atoms with van der Waals surface area (Å²) in [5.41, 5.74) is 2.97. The van der Waals surface area contributed by atoms with Crippen molar-refractivity contribution in [2.45, 2.75) is 81.1 Å². The zero-order chi connectivity index (χ0) is 17.5. The van der Waals surface area contributed by atoms with Crippen LogP contribution >= 0.6 is 0 Å². The average Bonchev–Trinajstić information content (AvgIpc) is 2.37. The Balaban J connectivity index is 0. The van der Waals surface area contributed by atoms with Gasteiger partial charge in [0.2, 0.25) is 0 Å². The van der Waals surface area contributed by atoms with Gasteiger partial charge in [-0.25, -0.2) is 0 Å². The van der Waals surface area contributed by atoms with E-state index in [4.69, 9.17) is 0 Å². The highest BCUT2D eigenvalue weighted by Crippen LogP contribution is 2.14. The zero-order valence-corrected chi connectivity index (χ0v) is 16.2. The molecule has 1 rings (SSSR count). The minimum absolute atomic E-state index is 0.167. The molecule has 0 saturated carbocycles. The lowest BCUT2D eigenvalue weighted by atomic mass is 9.96. The second kappa shape index (κ2) is 14.8. The Morgan fingerprint density at radius 1 is 1.00 bits per heavy atom. The van der Waals surface area contributed by atoms with E-state index in [9.17, 15) is 4.79 Å². The van der Waals surface area contributed by atoms with Crippen molar-refractivity contribution in [3.05, 3.63) is 35.4 Å². The van der Waals surface area contributed by atoms with E-state index in [0.29, 0.717) is 0 Å². The first-order chi connectivity index (χ1) is 10.2. The van der Waals surface area contributed by atoms with E-state index in [1.54, 1.807) is 0 Å². The molecule has 0 heterocycles. The summed E-state index contributed by atoms with van der Waals surface area (Å²) in [4.78, 5) is 9.44. The Morgan fingerprint density at radius 2 is 1.45 bits per heavy atom. The molecule has 0 aliphatic rings. The Bertz CT molecular complexity index is 372. The first-order valence-corrected chi connectivity index (χ1v) is 8.77. The van der Waals surface area contributed by atoms with Gasteiger partial charge in [0.25, 0.3) is 0 Å². The molecule has 0 aliphatic heterocycles. The second-order valence-electron chi connectivity index (χ2n) is 6.91. The van der Waals surface area contributed by atoms with Gasteiger partial charge in [0, 0.05) is 0 Å². The van der Waals surface area contributed by atoms with Gasteiger partial charge in [-0.2, -0.15) is 0 Å². The predicted octanol–water partition coefficient (Wildman–Crippen LogP) is 6.49. The van der Waals surface area contributed by atoms with E-state index in [1.807, 2.05) is 0 Å². The Hall–Kier alpha value is -1.11. The van der Waals surface area contributed by atoms with Crippen LogP contribution in [0.3, 0.4) is 0 Å². The Kier molecular flexibility index (Phi) is 15.6. The highest BCUT2D eigenvalue weighted by molar-refractivity contribution is 5.72. The topological polar surface area (TPSA) is 17.1 Å². The molecule has 0 amide bonds. The van der Waals surface area contributed by atoms with Gasteiger partial charge in [0.1, 0.15) is 5.78 Å². The molecule has 1 heteroatoms. The van der Waals surface area contributed by atoms with E-state index in [0.717, 1.165) is 18.3 Å². The van der Waals surface area contributed by atoms with Gasteiger partial charge in [-0.1, -0.05) is 78.6 Å². The fourth-order valence-electron chi connectivity index (χ4n) is 1.97. The van der Waals surface area contributed by atoms with Crippen molar-refractivity contribution in [2.75, 3.05) is 0 Å². The van der Waals surface area contributed by atoms with Crippen molar-refractivity contribution >= 4 is 5.78 Å². The zero-order valence-electron chi connectivity index (χ0n) is 16.2. The number of rotatable bonds is 5. The lowest BCUT2D eigenvalue weighted by Crippen LogP contribution is -1.99. The SMILES string of the molecule is CC(C)=O.CC(C)C.CCCC(C)Cc1cccc(CC)c1. The van der Waals surface area contributed by atoms with Crippen LogP contribution in [0.5, 0.6) is 0 Å². The largest absolute Gasteiger partial charge is 0.300 e. The van der Waals surface area contributed by atoms with Crippen LogP contribution in [0.4, 0.5) is 0 Å².